The minimum Gasteiger partial charge on any atom is -0.316 e. The Balaban J connectivity index is 3.12. The van der Waals surface area contributed by atoms with Gasteiger partial charge in [0.15, 0.2) is 0 Å². The van der Waals surface area contributed by atoms with E-state index in [0.29, 0.717) is 6.54 Å². The van der Waals surface area contributed by atoms with Crippen molar-refractivity contribution in [2.24, 2.45) is 0 Å². The minimum atomic E-state index is -4.39. The van der Waals surface area contributed by atoms with E-state index >= 15 is 0 Å². The number of nitriles is 1. The van der Waals surface area contributed by atoms with Gasteiger partial charge in [0.1, 0.15) is 0 Å². The number of rotatable bonds is 3. The van der Waals surface area contributed by atoms with Crippen LogP contribution >= 0.6 is 0 Å². The molecule has 1 aromatic rings. The van der Waals surface area contributed by atoms with Crippen LogP contribution in [0.25, 0.3) is 6.08 Å². The lowest BCUT2D eigenvalue weighted by molar-refractivity contribution is -0.137. The second-order valence-corrected chi connectivity index (χ2v) is 3.37. The van der Waals surface area contributed by atoms with Gasteiger partial charge in [-0.1, -0.05) is 12.2 Å². The molecule has 0 heterocycles. The largest absolute Gasteiger partial charge is 0.416 e. The highest BCUT2D eigenvalue weighted by Crippen LogP contribution is 2.30. The first kappa shape index (κ1) is 13.3. The molecule has 0 saturated heterocycles. The summed E-state index contributed by atoms with van der Waals surface area (Å²) < 4.78 is 37.4. The Morgan fingerprint density at radius 2 is 2.12 bits per heavy atom. The van der Waals surface area contributed by atoms with Crippen molar-refractivity contribution in [1.82, 2.24) is 5.32 Å². The van der Waals surface area contributed by atoms with Crippen molar-refractivity contribution in [2.45, 2.75) is 6.18 Å². The van der Waals surface area contributed by atoms with Gasteiger partial charge in [0, 0.05) is 6.54 Å². The van der Waals surface area contributed by atoms with Gasteiger partial charge in [-0.15, -0.1) is 0 Å². The molecule has 17 heavy (non-hydrogen) atoms. The van der Waals surface area contributed by atoms with Crippen LogP contribution in [0.15, 0.2) is 24.3 Å². The summed E-state index contributed by atoms with van der Waals surface area (Å²) in [4.78, 5) is 0. The summed E-state index contributed by atoms with van der Waals surface area (Å²) in [5.41, 5.74) is -0.247. The molecule has 0 aromatic heterocycles. The monoisotopic (exact) mass is 240 g/mol. The van der Waals surface area contributed by atoms with E-state index in [2.05, 4.69) is 5.32 Å². The number of hydrogen-bond donors (Lipinski definition) is 1. The Morgan fingerprint density at radius 3 is 2.65 bits per heavy atom. The summed E-state index contributed by atoms with van der Waals surface area (Å²) in [6, 6.07) is 4.93. The zero-order valence-electron chi connectivity index (χ0n) is 9.17. The topological polar surface area (TPSA) is 35.8 Å². The van der Waals surface area contributed by atoms with Crippen LogP contribution in [0, 0.1) is 11.3 Å². The molecule has 1 N–H and O–H groups in total. The van der Waals surface area contributed by atoms with Gasteiger partial charge in [-0.05, 0) is 30.8 Å². The number of nitrogens with one attached hydrogen (secondary N) is 1. The van der Waals surface area contributed by atoms with E-state index in [4.69, 9.17) is 5.26 Å². The zero-order valence-corrected chi connectivity index (χ0v) is 9.17. The average molecular weight is 240 g/mol. The fourth-order valence-electron chi connectivity index (χ4n) is 1.28. The third-order valence-electron chi connectivity index (χ3n) is 2.12. The molecule has 5 heteroatoms. The second-order valence-electron chi connectivity index (χ2n) is 3.37. The van der Waals surface area contributed by atoms with E-state index in [1.807, 2.05) is 6.07 Å². The Bertz CT molecular complexity index is 456. The highest BCUT2D eigenvalue weighted by atomic mass is 19.4. The molecule has 0 aliphatic rings. The number of benzene rings is 1. The highest BCUT2D eigenvalue weighted by Gasteiger charge is 2.30. The van der Waals surface area contributed by atoms with Crippen molar-refractivity contribution in [3.63, 3.8) is 0 Å². The molecular weight excluding hydrogens is 229 g/mol. The predicted molar refractivity (Wildman–Crippen MR) is 59.1 cm³/mol. The number of likely N-dealkylation sites (N-methyl/N-ethyl adjacent to an activating group) is 1. The standard InChI is InChI=1S/C12H11F3N2/c1-17-6-2-3-9-7-11(12(13,14)15)5-4-10(9)8-16/h2-5,7,17H,6H2,1H3. The quantitative estimate of drug-likeness (QED) is 0.881. The van der Waals surface area contributed by atoms with E-state index < -0.39 is 11.7 Å². The maximum Gasteiger partial charge on any atom is 0.416 e. The number of halogens is 3. The van der Waals surface area contributed by atoms with E-state index in [0.717, 1.165) is 12.1 Å². The molecule has 0 bridgehead atoms. The van der Waals surface area contributed by atoms with Crippen LogP contribution in [0.1, 0.15) is 16.7 Å². The highest BCUT2D eigenvalue weighted by molar-refractivity contribution is 5.59. The maximum absolute atomic E-state index is 12.5. The summed E-state index contributed by atoms with van der Waals surface area (Å²) in [7, 11) is 1.72. The first-order chi connectivity index (χ1) is 7.99. The lowest BCUT2D eigenvalue weighted by atomic mass is 10.0. The molecule has 1 aromatic carbocycles. The molecular formula is C12H11F3N2. The molecule has 0 aliphatic carbocycles. The summed E-state index contributed by atoms with van der Waals surface area (Å²) in [5, 5.41) is 11.6. The molecule has 0 aliphatic heterocycles. The van der Waals surface area contributed by atoms with Gasteiger partial charge in [-0.3, -0.25) is 0 Å². The molecule has 2 nitrogen and oxygen atoms in total. The van der Waals surface area contributed by atoms with Crippen molar-refractivity contribution in [1.29, 1.82) is 5.26 Å². The first-order valence-electron chi connectivity index (χ1n) is 4.91. The van der Waals surface area contributed by atoms with Gasteiger partial charge in [-0.25, -0.2) is 0 Å². The number of nitrogens with zero attached hydrogens (tertiary/aromatic N) is 1. The SMILES string of the molecule is CNCC=Cc1cc(C(F)(F)F)ccc1C#N. The fraction of sp³-hybridized carbons (Fsp3) is 0.250. The average Bonchev–Trinajstić information content (AvgIpc) is 2.28. The third-order valence-corrected chi connectivity index (χ3v) is 2.12. The molecule has 90 valence electrons. The summed E-state index contributed by atoms with van der Waals surface area (Å²) in [6.45, 7) is 0.529. The van der Waals surface area contributed by atoms with E-state index in [1.165, 1.54) is 12.1 Å². The van der Waals surface area contributed by atoms with Crippen LogP contribution in [-0.2, 0) is 6.18 Å². The predicted octanol–water partition coefficient (Wildman–Crippen LogP) is 2.81. The van der Waals surface area contributed by atoms with Crippen LogP contribution in [0.4, 0.5) is 13.2 Å². The Hall–Kier alpha value is -1.80. The van der Waals surface area contributed by atoms with Crippen molar-refractivity contribution in [3.05, 3.63) is 41.0 Å². The van der Waals surface area contributed by atoms with Crippen LogP contribution in [0.5, 0.6) is 0 Å². The van der Waals surface area contributed by atoms with E-state index in [9.17, 15) is 13.2 Å². The Labute approximate surface area is 97.4 Å². The van der Waals surface area contributed by atoms with Crippen LogP contribution in [-0.4, -0.2) is 13.6 Å². The molecule has 0 saturated carbocycles. The van der Waals surface area contributed by atoms with Gasteiger partial charge < -0.3 is 5.32 Å². The summed E-state index contributed by atoms with van der Waals surface area (Å²) in [5.74, 6) is 0. The van der Waals surface area contributed by atoms with Crippen molar-refractivity contribution in [2.75, 3.05) is 13.6 Å². The van der Waals surface area contributed by atoms with Gasteiger partial charge >= 0.3 is 6.18 Å². The van der Waals surface area contributed by atoms with E-state index in [1.54, 1.807) is 13.1 Å². The molecule has 0 atom stereocenters. The Kier molecular flexibility index (Phi) is 4.30. The van der Waals surface area contributed by atoms with Gasteiger partial charge in [-0.2, -0.15) is 18.4 Å². The smallest absolute Gasteiger partial charge is 0.316 e. The van der Waals surface area contributed by atoms with Crippen LogP contribution in [0.2, 0.25) is 0 Å². The maximum atomic E-state index is 12.5. The van der Waals surface area contributed by atoms with Crippen LogP contribution in [0.3, 0.4) is 0 Å². The molecule has 0 unspecified atom stereocenters. The molecule has 0 amide bonds. The molecule has 0 fully saturated rings. The fourth-order valence-corrected chi connectivity index (χ4v) is 1.28. The van der Waals surface area contributed by atoms with Crippen LogP contribution < -0.4 is 5.32 Å². The zero-order chi connectivity index (χ0) is 12.9. The summed E-state index contributed by atoms with van der Waals surface area (Å²) >= 11 is 0. The Morgan fingerprint density at radius 1 is 1.41 bits per heavy atom. The molecule has 0 spiro atoms. The van der Waals surface area contributed by atoms with Crippen molar-refractivity contribution < 1.29 is 13.2 Å². The minimum absolute atomic E-state index is 0.227. The van der Waals surface area contributed by atoms with Crippen molar-refractivity contribution >= 4 is 6.08 Å². The second kappa shape index (κ2) is 5.51. The number of hydrogen-bond acceptors (Lipinski definition) is 2. The summed E-state index contributed by atoms with van der Waals surface area (Å²) in [6.07, 6.45) is -1.22. The normalized spacial score (nSPS) is 11.7. The van der Waals surface area contributed by atoms with Gasteiger partial charge in [0.25, 0.3) is 0 Å². The number of alkyl halides is 3. The molecule has 0 radical (unpaired) electrons. The van der Waals surface area contributed by atoms with Crippen molar-refractivity contribution in [3.8, 4) is 6.07 Å². The first-order valence-corrected chi connectivity index (χ1v) is 4.91. The lowest BCUT2D eigenvalue weighted by Gasteiger charge is -2.08. The van der Waals surface area contributed by atoms with E-state index in [-0.39, 0.29) is 11.1 Å². The lowest BCUT2D eigenvalue weighted by Crippen LogP contribution is -2.06. The third kappa shape index (κ3) is 3.61. The van der Waals surface area contributed by atoms with Gasteiger partial charge in [0.05, 0.1) is 17.2 Å². The molecule has 1 rings (SSSR count). The van der Waals surface area contributed by atoms with Gasteiger partial charge in [0.2, 0.25) is 0 Å².